The minimum Gasteiger partial charge on any atom is -0.347 e. The van der Waals surface area contributed by atoms with Gasteiger partial charge in [0.2, 0.25) is 5.95 Å². The van der Waals surface area contributed by atoms with Crippen LogP contribution in [0.5, 0.6) is 0 Å². The highest BCUT2D eigenvalue weighted by Crippen LogP contribution is 2.25. The van der Waals surface area contributed by atoms with Gasteiger partial charge in [0.1, 0.15) is 5.69 Å². The van der Waals surface area contributed by atoms with Gasteiger partial charge in [-0.05, 0) is 44.0 Å². The van der Waals surface area contributed by atoms with E-state index in [0.717, 1.165) is 11.3 Å². The Morgan fingerprint density at radius 2 is 2.04 bits per heavy atom. The molecule has 1 aromatic heterocycles. The van der Waals surface area contributed by atoms with E-state index in [1.54, 1.807) is 19.1 Å². The van der Waals surface area contributed by atoms with E-state index in [2.05, 4.69) is 20.6 Å². The minimum atomic E-state index is -3.06. The third-order valence-corrected chi connectivity index (χ3v) is 6.35. The molecule has 1 fully saturated rings. The number of hydrogen-bond donors (Lipinski definition) is 2. The molecule has 1 aliphatic heterocycles. The molecule has 3 rings (SSSR count). The zero-order valence-electron chi connectivity index (χ0n) is 14.4. The van der Waals surface area contributed by atoms with Crippen LogP contribution < -0.4 is 10.6 Å². The molecule has 1 saturated heterocycles. The normalized spacial score (nSPS) is 18.5. The van der Waals surface area contributed by atoms with E-state index in [4.69, 9.17) is 11.6 Å². The third-order valence-electron chi connectivity index (χ3n) is 4.17. The summed E-state index contributed by atoms with van der Waals surface area (Å²) in [6, 6.07) is 6.62. The Balaban J connectivity index is 1.79. The summed E-state index contributed by atoms with van der Waals surface area (Å²) in [5, 5.41) is 6.42. The zero-order chi connectivity index (χ0) is 18.9. The Morgan fingerprint density at radius 1 is 1.27 bits per heavy atom. The molecular formula is C17H19ClN4O3S. The lowest BCUT2D eigenvalue weighted by molar-refractivity contribution is 0.0936. The van der Waals surface area contributed by atoms with Gasteiger partial charge in [-0.3, -0.25) is 4.79 Å². The Hall–Kier alpha value is -2.19. The van der Waals surface area contributed by atoms with E-state index in [9.17, 15) is 13.2 Å². The number of aryl methyl sites for hydroxylation is 1. The number of nitrogens with one attached hydrogen (secondary N) is 2. The molecule has 2 heterocycles. The fourth-order valence-electron chi connectivity index (χ4n) is 2.77. The van der Waals surface area contributed by atoms with Gasteiger partial charge in [-0.25, -0.2) is 18.4 Å². The quantitative estimate of drug-likeness (QED) is 0.825. The lowest BCUT2D eigenvalue weighted by Crippen LogP contribution is -2.36. The molecule has 2 N–H and O–H groups in total. The van der Waals surface area contributed by atoms with Gasteiger partial charge in [0.25, 0.3) is 5.91 Å². The van der Waals surface area contributed by atoms with Crippen LogP contribution in [0.25, 0.3) is 0 Å². The predicted octanol–water partition coefficient (Wildman–Crippen LogP) is 2.41. The van der Waals surface area contributed by atoms with Gasteiger partial charge in [-0.15, -0.1) is 0 Å². The summed E-state index contributed by atoms with van der Waals surface area (Å²) in [6.07, 6.45) is 0.422. The van der Waals surface area contributed by atoms with Crippen molar-refractivity contribution in [3.05, 3.63) is 46.2 Å². The molecule has 2 aromatic rings. The molecule has 1 aromatic carbocycles. The highest BCUT2D eigenvalue weighted by atomic mass is 35.5. The van der Waals surface area contributed by atoms with Gasteiger partial charge in [-0.2, -0.15) is 0 Å². The average Bonchev–Trinajstić information content (AvgIpc) is 2.90. The first-order chi connectivity index (χ1) is 12.2. The molecule has 1 amide bonds. The van der Waals surface area contributed by atoms with Crippen LogP contribution in [0.3, 0.4) is 0 Å². The smallest absolute Gasteiger partial charge is 0.270 e. The Labute approximate surface area is 157 Å². The Kier molecular flexibility index (Phi) is 5.15. The number of nitrogens with zero attached hydrogens (tertiary/aromatic N) is 2. The van der Waals surface area contributed by atoms with Crippen LogP contribution in [0.2, 0.25) is 5.02 Å². The summed E-state index contributed by atoms with van der Waals surface area (Å²) >= 11 is 6.12. The van der Waals surface area contributed by atoms with E-state index in [1.807, 2.05) is 19.1 Å². The molecule has 1 unspecified atom stereocenters. The van der Waals surface area contributed by atoms with Crippen LogP contribution >= 0.6 is 11.6 Å². The van der Waals surface area contributed by atoms with Crippen LogP contribution in [0.15, 0.2) is 24.3 Å². The second-order valence-electron chi connectivity index (χ2n) is 6.33. The molecule has 1 aliphatic rings. The number of amides is 1. The van der Waals surface area contributed by atoms with Gasteiger partial charge in [0.05, 0.1) is 11.5 Å². The van der Waals surface area contributed by atoms with Gasteiger partial charge >= 0.3 is 0 Å². The number of hydrogen-bond acceptors (Lipinski definition) is 6. The summed E-state index contributed by atoms with van der Waals surface area (Å²) in [7, 11) is -3.06. The van der Waals surface area contributed by atoms with Crippen LogP contribution in [0.1, 0.15) is 28.2 Å². The molecule has 0 saturated carbocycles. The topological polar surface area (TPSA) is 101 Å². The maximum Gasteiger partial charge on any atom is 0.270 e. The molecular weight excluding hydrogens is 376 g/mol. The maximum atomic E-state index is 12.4. The molecule has 26 heavy (non-hydrogen) atoms. The molecule has 0 aliphatic carbocycles. The van der Waals surface area contributed by atoms with Gasteiger partial charge in [-0.1, -0.05) is 17.7 Å². The van der Waals surface area contributed by atoms with Crippen molar-refractivity contribution in [2.45, 2.75) is 26.3 Å². The van der Waals surface area contributed by atoms with Gasteiger partial charge in [0, 0.05) is 22.4 Å². The van der Waals surface area contributed by atoms with Crippen molar-refractivity contribution < 1.29 is 13.2 Å². The fourth-order valence-corrected chi connectivity index (χ4v) is 4.62. The van der Waals surface area contributed by atoms with E-state index in [-0.39, 0.29) is 29.2 Å². The van der Waals surface area contributed by atoms with Crippen molar-refractivity contribution in [2.75, 3.05) is 16.8 Å². The van der Waals surface area contributed by atoms with E-state index < -0.39 is 15.7 Å². The number of carbonyl (C=O) groups is 1. The van der Waals surface area contributed by atoms with Crippen LogP contribution in [-0.4, -0.2) is 41.8 Å². The summed E-state index contributed by atoms with van der Waals surface area (Å²) < 4.78 is 23.1. The average molecular weight is 395 g/mol. The first kappa shape index (κ1) is 18.6. The van der Waals surface area contributed by atoms with Crippen LogP contribution in [0.4, 0.5) is 11.6 Å². The first-order valence-corrected chi connectivity index (χ1v) is 10.3. The second-order valence-corrected chi connectivity index (χ2v) is 8.96. The first-order valence-electron chi connectivity index (χ1n) is 8.12. The van der Waals surface area contributed by atoms with Crippen molar-refractivity contribution in [3.8, 4) is 0 Å². The standard InChI is InChI=1S/C17H19ClN4O3S/c1-10-8-15(16(23)20-12-6-7-26(24,25)9-12)22-17(19-10)21-14-5-3-4-13(18)11(14)2/h3-5,8,12H,6-7,9H2,1-2H3,(H,20,23)(H,19,21,22). The Bertz CT molecular complexity index is 962. The van der Waals surface area contributed by atoms with Crippen molar-refractivity contribution in [3.63, 3.8) is 0 Å². The van der Waals surface area contributed by atoms with E-state index >= 15 is 0 Å². The molecule has 0 spiro atoms. The highest BCUT2D eigenvalue weighted by molar-refractivity contribution is 7.91. The monoisotopic (exact) mass is 394 g/mol. The number of sulfone groups is 1. The number of halogens is 1. The van der Waals surface area contributed by atoms with Crippen molar-refractivity contribution in [1.29, 1.82) is 0 Å². The maximum absolute atomic E-state index is 12.4. The van der Waals surface area contributed by atoms with Crippen molar-refractivity contribution in [2.24, 2.45) is 0 Å². The summed E-state index contributed by atoms with van der Waals surface area (Å²) in [5.74, 6) is -0.0694. The van der Waals surface area contributed by atoms with Crippen LogP contribution in [-0.2, 0) is 9.84 Å². The summed E-state index contributed by atoms with van der Waals surface area (Å²) in [6.45, 7) is 3.63. The molecule has 0 radical (unpaired) electrons. The lowest BCUT2D eigenvalue weighted by Gasteiger charge is -2.13. The molecule has 138 valence electrons. The highest BCUT2D eigenvalue weighted by Gasteiger charge is 2.29. The predicted molar refractivity (Wildman–Crippen MR) is 101 cm³/mol. The molecule has 0 bridgehead atoms. The SMILES string of the molecule is Cc1cc(C(=O)NC2CCS(=O)(=O)C2)nc(Nc2cccc(Cl)c2C)n1. The number of benzene rings is 1. The minimum absolute atomic E-state index is 0.0321. The number of carbonyl (C=O) groups excluding carboxylic acids is 1. The largest absolute Gasteiger partial charge is 0.347 e. The van der Waals surface area contributed by atoms with Crippen molar-refractivity contribution in [1.82, 2.24) is 15.3 Å². The summed E-state index contributed by atoms with van der Waals surface area (Å²) in [5.41, 5.74) is 2.40. The third kappa shape index (κ3) is 4.31. The second kappa shape index (κ2) is 7.20. The van der Waals surface area contributed by atoms with Crippen LogP contribution in [0, 0.1) is 13.8 Å². The number of aromatic nitrogens is 2. The van der Waals surface area contributed by atoms with Gasteiger partial charge in [0.15, 0.2) is 9.84 Å². The van der Waals surface area contributed by atoms with E-state index in [0.29, 0.717) is 17.1 Å². The fraction of sp³-hybridized carbons (Fsp3) is 0.353. The molecule has 1 atom stereocenters. The van der Waals surface area contributed by atoms with Gasteiger partial charge < -0.3 is 10.6 Å². The molecule has 9 heteroatoms. The number of rotatable bonds is 4. The van der Waals surface area contributed by atoms with Crippen molar-refractivity contribution >= 4 is 39.0 Å². The molecule has 7 nitrogen and oxygen atoms in total. The summed E-state index contributed by atoms with van der Waals surface area (Å²) in [4.78, 5) is 21.0. The van der Waals surface area contributed by atoms with E-state index in [1.165, 1.54) is 0 Å². The Morgan fingerprint density at radius 3 is 2.73 bits per heavy atom. The zero-order valence-corrected chi connectivity index (χ0v) is 16.0. The lowest BCUT2D eigenvalue weighted by atomic mass is 10.2. The number of anilines is 2.